The molecule has 0 spiro atoms. The topological polar surface area (TPSA) is 163 Å². The van der Waals surface area contributed by atoms with Crippen molar-refractivity contribution < 1.29 is 68.0 Å². The van der Waals surface area contributed by atoms with E-state index in [0.29, 0.717) is 0 Å². The molecular weight excluding hydrogens is 404 g/mol. The highest BCUT2D eigenvalue weighted by Crippen LogP contribution is 2.46. The van der Waals surface area contributed by atoms with Crippen molar-refractivity contribution in [2.24, 2.45) is 0 Å². The van der Waals surface area contributed by atoms with E-state index >= 15 is 0 Å². The molecule has 3 N–H and O–H groups in total. The molecule has 0 unspecified atom stereocenters. The lowest BCUT2D eigenvalue weighted by Gasteiger charge is -2.33. The maximum absolute atomic E-state index is 12.4. The molecule has 0 aliphatic carbocycles. The zero-order chi connectivity index (χ0) is 18.6. The van der Waals surface area contributed by atoms with Crippen LogP contribution in [0.1, 0.15) is 0 Å². The predicted octanol–water partition coefficient (Wildman–Crippen LogP) is -0.295. The Morgan fingerprint density at radius 1 is 0.636 bits per heavy atom. The Hall–Kier alpha value is -0.730. The summed E-state index contributed by atoms with van der Waals surface area (Å²) >= 11 is 0. The van der Waals surface area contributed by atoms with Crippen molar-refractivity contribution in [3.05, 3.63) is 0 Å². The van der Waals surface area contributed by atoms with Crippen LogP contribution in [0.4, 0.5) is 26.3 Å². The van der Waals surface area contributed by atoms with E-state index in [4.69, 9.17) is 13.7 Å². The lowest BCUT2D eigenvalue weighted by Crippen LogP contribution is -2.72. The van der Waals surface area contributed by atoms with Crippen LogP contribution in [0, 0.1) is 0 Å². The molecule has 19 heteroatoms. The van der Waals surface area contributed by atoms with Gasteiger partial charge in [0.15, 0.2) is 0 Å². The van der Waals surface area contributed by atoms with Crippen LogP contribution in [0.5, 0.6) is 0 Å². The fraction of sp³-hybridized carbons (Fsp3) is 1.00. The minimum atomic E-state index is -7.49. The Morgan fingerprint density at radius 2 is 0.818 bits per heavy atom. The SMILES string of the molecule is O=S(=O)(O)[N+](C(C(F)(F)F)C(F)(F)F)(S(=O)(=O)O)S(=O)(=O)O. The third-order valence-electron chi connectivity index (χ3n) is 1.90. The maximum Gasteiger partial charge on any atom is 0.467 e. The number of hydrogen-bond donors (Lipinski definition) is 3. The molecule has 0 aromatic rings. The van der Waals surface area contributed by atoms with Crippen molar-refractivity contribution >= 4 is 30.9 Å². The number of quaternary nitrogens is 1. The number of halogens is 6. The summed E-state index contributed by atoms with van der Waals surface area (Å²) in [5.74, 6) is 0. The second-order valence-electron chi connectivity index (χ2n) is 3.37. The highest BCUT2D eigenvalue weighted by Gasteiger charge is 2.83. The minimum Gasteiger partial charge on any atom is -0.239 e. The number of hydrogen-bond acceptors (Lipinski definition) is 6. The molecule has 0 aliphatic rings. The molecule has 0 saturated carbocycles. The van der Waals surface area contributed by atoms with Gasteiger partial charge in [0.2, 0.25) is 0 Å². The normalized spacial score (nSPS) is 16.1. The van der Waals surface area contributed by atoms with Gasteiger partial charge in [-0.05, 0) is 0 Å². The molecular formula is C3H4F6NO9S3+. The molecule has 134 valence electrons. The molecule has 0 atom stereocenters. The summed E-state index contributed by atoms with van der Waals surface area (Å²) in [6.45, 7) is 0. The Kier molecular flexibility index (Phi) is 4.97. The van der Waals surface area contributed by atoms with Crippen molar-refractivity contribution in [2.75, 3.05) is 0 Å². The first-order valence-electron chi connectivity index (χ1n) is 4.06. The first kappa shape index (κ1) is 21.3. The summed E-state index contributed by atoms with van der Waals surface area (Å²) < 4.78 is 159. The zero-order valence-corrected chi connectivity index (χ0v) is 11.8. The van der Waals surface area contributed by atoms with Crippen LogP contribution in [0.25, 0.3) is 0 Å². The molecule has 0 aromatic carbocycles. The van der Waals surface area contributed by atoms with Gasteiger partial charge < -0.3 is 0 Å². The maximum atomic E-state index is 12.4. The number of rotatable bonds is 4. The van der Waals surface area contributed by atoms with Crippen molar-refractivity contribution in [3.8, 4) is 0 Å². The van der Waals surface area contributed by atoms with Gasteiger partial charge in [0.05, 0.1) is 2.70 Å². The summed E-state index contributed by atoms with van der Waals surface area (Å²) in [6.07, 6.45) is -14.0. The van der Waals surface area contributed by atoms with E-state index in [1.807, 2.05) is 0 Å². The molecule has 0 rings (SSSR count). The highest BCUT2D eigenvalue weighted by atomic mass is 32.4. The highest BCUT2D eigenvalue weighted by molar-refractivity contribution is 8.04. The van der Waals surface area contributed by atoms with E-state index in [1.165, 1.54) is 0 Å². The van der Waals surface area contributed by atoms with Crippen molar-refractivity contribution in [3.63, 3.8) is 0 Å². The van der Waals surface area contributed by atoms with Gasteiger partial charge in [0.1, 0.15) is 0 Å². The van der Waals surface area contributed by atoms with Crippen LogP contribution in [-0.4, -0.2) is 60.0 Å². The molecule has 0 fully saturated rings. The van der Waals surface area contributed by atoms with E-state index < -0.39 is 52.0 Å². The summed E-state index contributed by atoms with van der Waals surface area (Å²) in [7, 11) is -22.5. The molecule has 0 radical (unpaired) electrons. The van der Waals surface area contributed by atoms with Crippen LogP contribution in [-0.2, 0) is 30.9 Å². The predicted molar refractivity (Wildman–Crippen MR) is 50.8 cm³/mol. The monoisotopic (exact) mass is 408 g/mol. The van der Waals surface area contributed by atoms with Crippen LogP contribution < -0.4 is 0 Å². The Labute approximate surface area is 118 Å². The van der Waals surface area contributed by atoms with E-state index in [0.717, 1.165) is 0 Å². The van der Waals surface area contributed by atoms with E-state index in [-0.39, 0.29) is 0 Å². The van der Waals surface area contributed by atoms with Gasteiger partial charge in [-0.3, -0.25) is 0 Å². The second kappa shape index (κ2) is 5.14. The molecule has 22 heavy (non-hydrogen) atoms. The summed E-state index contributed by atoms with van der Waals surface area (Å²) in [4.78, 5) is 0. The van der Waals surface area contributed by atoms with Crippen molar-refractivity contribution in [2.45, 2.75) is 18.4 Å². The van der Waals surface area contributed by atoms with Gasteiger partial charge in [-0.1, -0.05) is 0 Å². The van der Waals surface area contributed by atoms with Gasteiger partial charge >= 0.3 is 49.3 Å². The molecule has 0 heterocycles. The van der Waals surface area contributed by atoms with Gasteiger partial charge in [0.25, 0.3) is 0 Å². The molecule has 10 nitrogen and oxygen atoms in total. The quantitative estimate of drug-likeness (QED) is 0.322. The van der Waals surface area contributed by atoms with Crippen LogP contribution in [0.15, 0.2) is 0 Å². The van der Waals surface area contributed by atoms with Gasteiger partial charge in [0, 0.05) is 0 Å². The van der Waals surface area contributed by atoms with E-state index in [9.17, 15) is 51.6 Å². The van der Waals surface area contributed by atoms with Crippen molar-refractivity contribution in [1.82, 2.24) is 0 Å². The number of nitrogens with zero attached hydrogens (tertiary/aromatic N) is 1. The fourth-order valence-electron chi connectivity index (χ4n) is 1.30. The van der Waals surface area contributed by atoms with Crippen LogP contribution in [0.2, 0.25) is 0 Å². The molecule has 0 aliphatic heterocycles. The van der Waals surface area contributed by atoms with Gasteiger partial charge in [-0.15, -0.1) is 25.3 Å². The molecule has 0 saturated heterocycles. The summed E-state index contributed by atoms with van der Waals surface area (Å²) in [5.41, 5.74) is 0. The zero-order valence-electron chi connectivity index (χ0n) is 9.31. The average Bonchev–Trinajstić information content (AvgIpc) is 2.02. The standard InChI is InChI=1S/C3H3F6NO9S3/c4-2(5,6)1(3(7,8)9)10(20(11,12)13,21(14,15)16)22(17,18)19/h1H,(H2-,11,12,13,14,15,16,17,18,19)/p+1. The first-order chi connectivity index (χ1) is 9.12. The minimum absolute atomic E-state index is 5.57. The third-order valence-corrected chi connectivity index (χ3v) is 7.85. The molecule has 0 bridgehead atoms. The Morgan fingerprint density at radius 3 is 0.864 bits per heavy atom. The van der Waals surface area contributed by atoms with E-state index in [1.54, 1.807) is 0 Å². The smallest absolute Gasteiger partial charge is 0.239 e. The largest absolute Gasteiger partial charge is 0.467 e. The first-order valence-corrected chi connectivity index (χ1v) is 8.26. The molecule has 0 amide bonds. The van der Waals surface area contributed by atoms with E-state index in [2.05, 4.69) is 0 Å². The van der Waals surface area contributed by atoms with Crippen LogP contribution >= 0.6 is 0 Å². The van der Waals surface area contributed by atoms with Gasteiger partial charge in [-0.25, -0.2) is 13.7 Å². The second-order valence-corrected chi connectivity index (χ2v) is 8.48. The van der Waals surface area contributed by atoms with Gasteiger partial charge in [-0.2, -0.15) is 26.3 Å². The molecule has 0 aromatic heterocycles. The summed E-state index contributed by atoms with van der Waals surface area (Å²) in [5, 5.41) is 0. The Balaban J connectivity index is 7.56. The lowest BCUT2D eigenvalue weighted by atomic mass is 10.3. The third kappa shape index (κ3) is 3.28. The summed E-state index contributed by atoms with van der Waals surface area (Å²) in [6, 6.07) is -5.97. The Bertz CT molecular complexity index is 651. The number of alkyl halides is 6. The fourth-order valence-corrected chi connectivity index (χ4v) is 5.67. The van der Waals surface area contributed by atoms with Crippen LogP contribution in [0.3, 0.4) is 0 Å². The van der Waals surface area contributed by atoms with Crippen molar-refractivity contribution in [1.29, 1.82) is 0 Å². The lowest BCUT2D eigenvalue weighted by molar-refractivity contribution is -0.648. The average molecular weight is 408 g/mol.